The van der Waals surface area contributed by atoms with E-state index in [0.29, 0.717) is 29.9 Å². The van der Waals surface area contributed by atoms with Crippen molar-refractivity contribution in [3.63, 3.8) is 0 Å². The fourth-order valence-corrected chi connectivity index (χ4v) is 9.08. The summed E-state index contributed by atoms with van der Waals surface area (Å²) in [5.74, 6) is -0.646. The largest absolute Gasteiger partial charge is 0.461 e. The van der Waals surface area contributed by atoms with Gasteiger partial charge in [0.05, 0.1) is 20.8 Å². The summed E-state index contributed by atoms with van der Waals surface area (Å²) in [6, 6.07) is 7.15. The minimum absolute atomic E-state index is 0.0297. The molecule has 0 spiro atoms. The topological polar surface area (TPSA) is 103 Å². The third-order valence-electron chi connectivity index (χ3n) is 9.76. The van der Waals surface area contributed by atoms with Gasteiger partial charge in [0.2, 0.25) is 0 Å². The maximum atomic E-state index is 16.9. The van der Waals surface area contributed by atoms with Crippen LogP contribution in [-0.2, 0) is 0 Å². The molecule has 0 amide bonds. The third-order valence-corrected chi connectivity index (χ3v) is 11.1. The lowest BCUT2D eigenvalue weighted by Crippen LogP contribution is -2.51. The van der Waals surface area contributed by atoms with Crippen LogP contribution in [0.1, 0.15) is 37.7 Å². The van der Waals surface area contributed by atoms with E-state index in [0.717, 1.165) is 69.6 Å². The Bertz CT molecular complexity index is 1910. The van der Waals surface area contributed by atoms with E-state index in [2.05, 4.69) is 32.7 Å². The van der Waals surface area contributed by atoms with E-state index in [-0.39, 0.29) is 53.9 Å². The highest BCUT2D eigenvalue weighted by Gasteiger charge is 2.46. The van der Waals surface area contributed by atoms with Crippen LogP contribution in [0.15, 0.2) is 30.4 Å². The summed E-state index contributed by atoms with van der Waals surface area (Å²) in [5, 5.41) is 14.5. The molecule has 226 valence electrons. The molecule has 12 heteroatoms. The minimum atomic E-state index is -0.685. The van der Waals surface area contributed by atoms with Gasteiger partial charge in [-0.25, -0.2) is 8.78 Å². The molecule has 4 aliphatic rings. The Hall–Kier alpha value is -3.56. The summed E-state index contributed by atoms with van der Waals surface area (Å²) in [7, 11) is 0. The molecule has 4 saturated heterocycles. The molecular weight excluding hydrogens is 604 g/mol. The van der Waals surface area contributed by atoms with Crippen LogP contribution in [0.5, 0.6) is 6.01 Å². The average Bonchev–Trinajstić information content (AvgIpc) is 3.73. The second-order valence-corrected chi connectivity index (χ2v) is 14.0. The van der Waals surface area contributed by atoms with E-state index in [4.69, 9.17) is 27.1 Å². The number of rotatable bonds is 5. The Morgan fingerprint density at radius 2 is 2.05 bits per heavy atom. The number of hydrogen-bond donors (Lipinski definition) is 2. The Labute approximate surface area is 262 Å². The normalized spacial score (nSPS) is 24.9. The lowest BCUT2D eigenvalue weighted by Gasteiger charge is -2.34. The number of fused-ring (bicyclic) bond motifs is 5. The van der Waals surface area contributed by atoms with Crippen molar-refractivity contribution in [2.24, 2.45) is 0 Å². The summed E-state index contributed by atoms with van der Waals surface area (Å²) in [5.41, 5.74) is 7.57. The SMILES string of the molecule is C=C1CN2CCC[C@@]2(COc2nc(N3C[C@H]4CC[C@@H](C3)N4)c3cc(Cl)c(-c4ccc(F)c5sc(N)c(C#N)c45)c(F)c3n2)C1. The third kappa shape index (κ3) is 4.26. The molecule has 0 unspecified atom stereocenters. The number of halogens is 3. The van der Waals surface area contributed by atoms with Gasteiger partial charge in [0.1, 0.15) is 34.8 Å². The van der Waals surface area contributed by atoms with Crippen molar-refractivity contribution in [3.05, 3.63) is 52.6 Å². The number of thiophene rings is 1. The number of nitrogens with one attached hydrogen (secondary N) is 1. The van der Waals surface area contributed by atoms with Gasteiger partial charge >= 0.3 is 6.01 Å². The molecule has 2 bridgehead atoms. The fourth-order valence-electron chi connectivity index (χ4n) is 7.84. The van der Waals surface area contributed by atoms with Gasteiger partial charge in [-0.15, -0.1) is 11.3 Å². The number of nitrogens with zero attached hydrogens (tertiary/aromatic N) is 5. The lowest BCUT2D eigenvalue weighted by atomic mass is 9.94. The summed E-state index contributed by atoms with van der Waals surface area (Å²) < 4.78 is 38.3. The number of aromatic nitrogens is 2. The standard InChI is InChI=1S/C32H30ClF2N7OS/c1-16-10-32(7-2-8-42(32)12-16)15-43-31-39-27-20(30(40-31)41-13-17-3-4-18(14-41)38-17)9-22(33)25(26(27)35)19-5-6-23(34)28-24(19)21(11-36)29(37)44-28/h5-6,9,17-18,38H,1-4,7-8,10,12-15,37H2/t17-,18+,32-/m0/s1. The zero-order valence-electron chi connectivity index (χ0n) is 23.9. The molecular formula is C32H30ClF2N7OS. The predicted molar refractivity (Wildman–Crippen MR) is 169 cm³/mol. The zero-order chi connectivity index (χ0) is 30.3. The first kappa shape index (κ1) is 28.0. The molecule has 0 saturated carbocycles. The van der Waals surface area contributed by atoms with Crippen LogP contribution in [0.2, 0.25) is 5.02 Å². The van der Waals surface area contributed by atoms with Crippen molar-refractivity contribution in [1.82, 2.24) is 20.2 Å². The van der Waals surface area contributed by atoms with E-state index in [1.165, 1.54) is 17.7 Å². The van der Waals surface area contributed by atoms with Gasteiger partial charge in [-0.3, -0.25) is 4.90 Å². The van der Waals surface area contributed by atoms with Gasteiger partial charge in [-0.05, 0) is 56.3 Å². The first-order valence-electron chi connectivity index (χ1n) is 14.9. The van der Waals surface area contributed by atoms with Crippen LogP contribution in [0, 0.1) is 23.0 Å². The number of nitrogen functional groups attached to an aromatic ring is 1. The second kappa shape index (κ2) is 10.2. The van der Waals surface area contributed by atoms with Crippen molar-refractivity contribution in [2.75, 3.05) is 43.4 Å². The molecule has 4 fully saturated rings. The van der Waals surface area contributed by atoms with Crippen molar-refractivity contribution in [2.45, 2.75) is 49.7 Å². The molecule has 4 aliphatic heterocycles. The van der Waals surface area contributed by atoms with E-state index in [1.807, 2.05) is 0 Å². The second-order valence-electron chi connectivity index (χ2n) is 12.5. The van der Waals surface area contributed by atoms with E-state index in [9.17, 15) is 9.65 Å². The lowest BCUT2D eigenvalue weighted by molar-refractivity contribution is 0.108. The van der Waals surface area contributed by atoms with Crippen molar-refractivity contribution < 1.29 is 13.5 Å². The molecule has 2 aromatic heterocycles. The Balaban J connectivity index is 1.29. The van der Waals surface area contributed by atoms with Gasteiger partial charge in [-0.2, -0.15) is 15.2 Å². The molecule has 8 rings (SSSR count). The van der Waals surface area contributed by atoms with Gasteiger partial charge in [0, 0.05) is 48.1 Å². The van der Waals surface area contributed by atoms with E-state index < -0.39 is 11.6 Å². The van der Waals surface area contributed by atoms with Crippen molar-refractivity contribution in [3.8, 4) is 23.2 Å². The summed E-state index contributed by atoms with van der Waals surface area (Å²) in [6.07, 6.45) is 5.08. The van der Waals surface area contributed by atoms with Crippen molar-refractivity contribution in [1.29, 1.82) is 5.26 Å². The van der Waals surface area contributed by atoms with Gasteiger partial charge in [-0.1, -0.05) is 29.8 Å². The maximum Gasteiger partial charge on any atom is 0.319 e. The van der Waals surface area contributed by atoms with Gasteiger partial charge in [0.25, 0.3) is 0 Å². The highest BCUT2D eigenvalue weighted by molar-refractivity contribution is 7.23. The Morgan fingerprint density at radius 1 is 1.25 bits per heavy atom. The number of hydrogen-bond acceptors (Lipinski definition) is 9. The highest BCUT2D eigenvalue weighted by Crippen LogP contribution is 2.46. The van der Waals surface area contributed by atoms with Crippen LogP contribution < -0.4 is 20.7 Å². The van der Waals surface area contributed by atoms with Crippen LogP contribution >= 0.6 is 22.9 Å². The number of ether oxygens (including phenoxy) is 1. The summed E-state index contributed by atoms with van der Waals surface area (Å²) >= 11 is 7.81. The number of piperazine rings is 1. The molecule has 0 radical (unpaired) electrons. The summed E-state index contributed by atoms with van der Waals surface area (Å²) in [6.45, 7) is 7.89. The van der Waals surface area contributed by atoms with Gasteiger partial charge in [0.15, 0.2) is 5.82 Å². The van der Waals surface area contributed by atoms with E-state index in [1.54, 1.807) is 6.07 Å². The molecule has 0 aliphatic carbocycles. The molecule has 3 N–H and O–H groups in total. The van der Waals surface area contributed by atoms with Crippen LogP contribution in [0.4, 0.5) is 19.6 Å². The van der Waals surface area contributed by atoms with Crippen LogP contribution in [0.25, 0.3) is 32.1 Å². The molecule has 3 atom stereocenters. The van der Waals surface area contributed by atoms with Gasteiger partial charge < -0.3 is 20.7 Å². The highest BCUT2D eigenvalue weighted by atomic mass is 35.5. The number of anilines is 2. The quantitative estimate of drug-likeness (QED) is 0.258. The monoisotopic (exact) mass is 633 g/mol. The fraction of sp³-hybridized carbons (Fsp3) is 0.406. The van der Waals surface area contributed by atoms with Crippen LogP contribution in [-0.4, -0.2) is 65.3 Å². The first-order chi connectivity index (χ1) is 21.2. The number of nitriles is 1. The molecule has 8 nitrogen and oxygen atoms in total. The predicted octanol–water partition coefficient (Wildman–Crippen LogP) is 6.01. The van der Waals surface area contributed by atoms with Crippen LogP contribution in [0.3, 0.4) is 0 Å². The number of benzene rings is 2. The zero-order valence-corrected chi connectivity index (χ0v) is 25.5. The molecule has 44 heavy (non-hydrogen) atoms. The maximum absolute atomic E-state index is 16.9. The smallest absolute Gasteiger partial charge is 0.319 e. The Kier molecular flexibility index (Phi) is 6.50. The van der Waals surface area contributed by atoms with Crippen molar-refractivity contribution >= 4 is 54.7 Å². The molecule has 4 aromatic rings. The molecule has 6 heterocycles. The average molecular weight is 634 g/mol. The minimum Gasteiger partial charge on any atom is -0.461 e. The number of nitrogens with two attached hydrogens (primary N) is 1. The first-order valence-corrected chi connectivity index (χ1v) is 16.1. The molecule has 2 aromatic carbocycles. The summed E-state index contributed by atoms with van der Waals surface area (Å²) in [4.78, 5) is 14.1. The van der Waals surface area contributed by atoms with E-state index >= 15 is 4.39 Å². The Morgan fingerprint density at radius 3 is 2.82 bits per heavy atom.